The highest BCUT2D eigenvalue weighted by atomic mass is 32.2. The van der Waals surface area contributed by atoms with Gasteiger partial charge >= 0.3 is 0 Å². The van der Waals surface area contributed by atoms with Gasteiger partial charge in [-0.25, -0.2) is 12.8 Å². The van der Waals surface area contributed by atoms with Crippen LogP contribution in [0.1, 0.15) is 51.5 Å². The maximum absolute atomic E-state index is 13.9. The van der Waals surface area contributed by atoms with Gasteiger partial charge in [-0.05, 0) is 43.4 Å². The number of nitrogens with one attached hydrogen (secondary N) is 2. The van der Waals surface area contributed by atoms with Gasteiger partial charge in [0.2, 0.25) is 15.9 Å². The number of nitrogens with zero attached hydrogens (tertiary/aromatic N) is 2. The van der Waals surface area contributed by atoms with Crippen molar-refractivity contribution in [3.8, 4) is 5.75 Å². The maximum atomic E-state index is 13.9. The van der Waals surface area contributed by atoms with E-state index in [1.807, 2.05) is 0 Å². The molecular weight excluding hydrogens is 571 g/mol. The van der Waals surface area contributed by atoms with Gasteiger partial charge in [0.05, 0.1) is 24.1 Å². The molecule has 1 saturated heterocycles. The van der Waals surface area contributed by atoms with Crippen LogP contribution < -0.4 is 14.8 Å². The van der Waals surface area contributed by atoms with E-state index in [9.17, 15) is 32.3 Å². The first-order valence-electron chi connectivity index (χ1n) is 14.0. The lowest BCUT2D eigenvalue weighted by Crippen LogP contribution is -2.57. The van der Waals surface area contributed by atoms with Gasteiger partial charge in [0.25, 0.3) is 11.8 Å². The number of oxime groups is 1. The van der Waals surface area contributed by atoms with Gasteiger partial charge in [-0.15, -0.1) is 6.58 Å². The Balaban J connectivity index is 1.34. The van der Waals surface area contributed by atoms with Gasteiger partial charge in [0, 0.05) is 24.3 Å². The summed E-state index contributed by atoms with van der Waals surface area (Å²) >= 11 is 0. The summed E-state index contributed by atoms with van der Waals surface area (Å²) in [5.74, 6) is -3.18. The van der Waals surface area contributed by atoms with Crippen molar-refractivity contribution >= 4 is 33.5 Å². The van der Waals surface area contributed by atoms with Crippen molar-refractivity contribution in [3.63, 3.8) is 0 Å². The van der Waals surface area contributed by atoms with E-state index in [2.05, 4.69) is 21.8 Å². The molecule has 2 unspecified atom stereocenters. The molecule has 0 bridgehead atoms. The monoisotopic (exact) mass is 606 g/mol. The molecule has 3 N–H and O–H groups in total. The number of sulfonamides is 1. The quantitative estimate of drug-likeness (QED) is 0.262. The number of ether oxygens (including phenoxy) is 1. The van der Waals surface area contributed by atoms with Crippen LogP contribution in [0.2, 0.25) is 0 Å². The highest BCUT2D eigenvalue weighted by molar-refractivity contribution is 7.91. The second kappa shape index (κ2) is 11.3. The first-order chi connectivity index (χ1) is 19.9. The van der Waals surface area contributed by atoms with E-state index in [-0.39, 0.29) is 19.4 Å². The van der Waals surface area contributed by atoms with E-state index in [0.717, 1.165) is 0 Å². The normalized spacial score (nSPS) is 28.5. The third kappa shape index (κ3) is 5.87. The van der Waals surface area contributed by atoms with Crippen molar-refractivity contribution in [1.82, 2.24) is 14.9 Å². The number of fused-ring (bicyclic) bond motifs is 1. The second-order valence-electron chi connectivity index (χ2n) is 11.6. The maximum Gasteiger partial charge on any atom is 0.259 e. The van der Waals surface area contributed by atoms with Gasteiger partial charge in [0.15, 0.2) is 0 Å². The molecule has 4 aliphatic rings. The van der Waals surface area contributed by atoms with E-state index in [1.165, 1.54) is 29.2 Å². The number of halogens is 1. The van der Waals surface area contributed by atoms with Crippen molar-refractivity contribution in [2.45, 2.75) is 75.0 Å². The topological polar surface area (TPSA) is 164 Å². The van der Waals surface area contributed by atoms with E-state index in [0.29, 0.717) is 42.9 Å². The summed E-state index contributed by atoms with van der Waals surface area (Å²) in [6.07, 6.45) is 0.737. The van der Waals surface area contributed by atoms with Crippen LogP contribution in [-0.4, -0.2) is 84.0 Å². The smallest absolute Gasteiger partial charge is 0.259 e. The lowest BCUT2D eigenvalue weighted by atomic mass is 10.0. The molecule has 0 spiro atoms. The molecule has 2 aliphatic carbocycles. The minimum Gasteiger partial charge on any atom is -0.492 e. The Morgan fingerprint density at radius 1 is 1.31 bits per heavy atom. The van der Waals surface area contributed by atoms with Crippen LogP contribution in [0.15, 0.2) is 36.0 Å². The Kier molecular flexibility index (Phi) is 8.05. The zero-order valence-electron chi connectivity index (χ0n) is 23.4. The van der Waals surface area contributed by atoms with Gasteiger partial charge < -0.3 is 24.9 Å². The minimum absolute atomic E-state index is 0.0114. The van der Waals surface area contributed by atoms with Gasteiger partial charge in [-0.3, -0.25) is 19.1 Å². The van der Waals surface area contributed by atoms with Crippen molar-refractivity contribution in [3.05, 3.63) is 42.2 Å². The third-order valence-corrected chi connectivity index (χ3v) is 9.96. The zero-order chi connectivity index (χ0) is 30.4. The Hall–Kier alpha value is -3.52. The fourth-order valence-electron chi connectivity index (χ4n) is 5.32. The number of amides is 3. The Labute approximate surface area is 243 Å². The number of rotatable bonds is 10. The Bertz CT molecular complexity index is 1430. The lowest BCUT2D eigenvalue weighted by Gasteiger charge is -2.28. The number of hydrogen-bond donors (Lipinski definition) is 3. The SMILES string of the molecule is C=C[C@@H]1C[C@@]1(NC(=O)C1CC(O/N=C2\CCOc3ccc(F)cc32)CN1C(=O)[C@H](O)C(C)C)C(=O)NS(=O)(=O)C1CC1. The first-order valence-corrected chi connectivity index (χ1v) is 15.6. The number of hydrogen-bond acceptors (Lipinski definition) is 9. The Morgan fingerprint density at radius 3 is 2.69 bits per heavy atom. The summed E-state index contributed by atoms with van der Waals surface area (Å²) < 4.78 is 46.4. The molecule has 3 amide bonds. The molecule has 0 aromatic heterocycles. The van der Waals surface area contributed by atoms with Crippen LogP contribution in [0.4, 0.5) is 4.39 Å². The average Bonchev–Trinajstić information content (AvgIpc) is 3.87. The predicted molar refractivity (Wildman–Crippen MR) is 148 cm³/mol. The molecule has 14 heteroatoms. The molecule has 1 aromatic rings. The highest BCUT2D eigenvalue weighted by Crippen LogP contribution is 2.45. The average molecular weight is 607 g/mol. The van der Waals surface area contributed by atoms with E-state index in [4.69, 9.17) is 9.57 Å². The van der Waals surface area contributed by atoms with Gasteiger partial charge in [-0.1, -0.05) is 25.1 Å². The molecule has 5 atom stereocenters. The zero-order valence-corrected chi connectivity index (χ0v) is 24.2. The third-order valence-electron chi connectivity index (χ3n) is 8.14. The summed E-state index contributed by atoms with van der Waals surface area (Å²) in [5.41, 5.74) is -0.639. The number of carbonyl (C=O) groups excluding carboxylic acids is 3. The number of benzene rings is 1. The molecule has 2 heterocycles. The fraction of sp³-hybridized carbons (Fsp3) is 0.571. The molecule has 228 valence electrons. The number of aliphatic hydroxyl groups is 1. The standard InChI is InChI=1S/C28H35FN4O8S/c1-4-16-13-28(16,27(37)32-42(38,39)19-6-7-19)30-25(35)22-12-18(14-33(22)26(36)24(34)15(2)3)41-31-21-9-10-40-23-8-5-17(29)11-20(21)23/h4-5,8,11,15-16,18-19,22,24,34H,1,6-7,9-10,12-14H2,2-3H3,(H,30,35)(H,32,37)/b31-21+/t16-,18?,22?,24-,28+/m1/s1. The number of likely N-dealkylation sites (tertiary alicyclic amines) is 1. The largest absolute Gasteiger partial charge is 0.492 e. The number of carbonyl (C=O) groups is 3. The van der Waals surface area contributed by atoms with Crippen molar-refractivity contribution < 1.29 is 41.9 Å². The molecule has 5 rings (SSSR count). The van der Waals surface area contributed by atoms with Crippen LogP contribution in [0.5, 0.6) is 5.75 Å². The van der Waals surface area contributed by atoms with E-state index >= 15 is 0 Å². The van der Waals surface area contributed by atoms with E-state index in [1.54, 1.807) is 13.8 Å². The second-order valence-corrected chi connectivity index (χ2v) is 13.6. The minimum atomic E-state index is -3.86. The number of aliphatic hydroxyl groups excluding tert-OH is 1. The summed E-state index contributed by atoms with van der Waals surface area (Å²) in [6, 6.07) is 2.93. The van der Waals surface area contributed by atoms with Crippen LogP contribution in [-0.2, 0) is 29.2 Å². The molecule has 0 radical (unpaired) electrons. The molecular formula is C28H35FN4O8S. The fourth-order valence-corrected chi connectivity index (χ4v) is 6.68. The first kappa shape index (κ1) is 30.0. The van der Waals surface area contributed by atoms with E-state index < -0.39 is 74.4 Å². The van der Waals surface area contributed by atoms with Crippen molar-refractivity contribution in [2.24, 2.45) is 17.0 Å². The summed E-state index contributed by atoms with van der Waals surface area (Å²) in [4.78, 5) is 46.9. The molecule has 12 nitrogen and oxygen atoms in total. The lowest BCUT2D eigenvalue weighted by molar-refractivity contribution is -0.147. The van der Waals surface area contributed by atoms with Gasteiger partial charge in [0.1, 0.15) is 35.4 Å². The van der Waals surface area contributed by atoms with Crippen LogP contribution in [0.3, 0.4) is 0 Å². The van der Waals surface area contributed by atoms with Crippen LogP contribution in [0.25, 0.3) is 0 Å². The highest BCUT2D eigenvalue weighted by Gasteiger charge is 2.62. The van der Waals surface area contributed by atoms with Crippen molar-refractivity contribution in [1.29, 1.82) is 0 Å². The molecule has 2 saturated carbocycles. The van der Waals surface area contributed by atoms with Gasteiger partial charge in [-0.2, -0.15) is 0 Å². The molecule has 42 heavy (non-hydrogen) atoms. The van der Waals surface area contributed by atoms with Crippen LogP contribution in [0, 0.1) is 17.7 Å². The molecule has 2 aliphatic heterocycles. The summed E-state index contributed by atoms with van der Waals surface area (Å²) in [6.45, 7) is 7.25. The predicted octanol–water partition coefficient (Wildman–Crippen LogP) is 0.985. The summed E-state index contributed by atoms with van der Waals surface area (Å²) in [7, 11) is -3.86. The summed E-state index contributed by atoms with van der Waals surface area (Å²) in [5, 5.41) is 16.8. The van der Waals surface area contributed by atoms with Crippen LogP contribution >= 0.6 is 0 Å². The Morgan fingerprint density at radius 2 is 2.05 bits per heavy atom. The van der Waals surface area contributed by atoms with Crippen molar-refractivity contribution in [2.75, 3.05) is 13.2 Å². The molecule has 3 fully saturated rings. The molecule has 1 aromatic carbocycles.